The number of aryl methyl sites for hydroxylation is 2. The normalized spacial score (nSPS) is 19.5. The summed E-state index contributed by atoms with van der Waals surface area (Å²) in [6.07, 6.45) is 3.20. The van der Waals surface area contributed by atoms with Gasteiger partial charge in [-0.05, 0) is 39.7 Å². The lowest BCUT2D eigenvalue weighted by molar-refractivity contribution is -0.139. The van der Waals surface area contributed by atoms with Crippen LogP contribution in [0.3, 0.4) is 0 Å². The summed E-state index contributed by atoms with van der Waals surface area (Å²) < 4.78 is 2.91. The van der Waals surface area contributed by atoms with E-state index in [1.165, 1.54) is 10.7 Å². The molecule has 1 aliphatic heterocycles. The van der Waals surface area contributed by atoms with Gasteiger partial charge in [0.15, 0.2) is 5.82 Å². The zero-order valence-corrected chi connectivity index (χ0v) is 16.5. The fourth-order valence-electron chi connectivity index (χ4n) is 3.40. The SMILES string of the molecule is CCn1ccc(NC(=O)C2(C)CCCN(C(=O)Cn3nc(C)ccc3=O)C2)n1. The molecule has 9 heteroatoms. The van der Waals surface area contributed by atoms with Crippen molar-refractivity contribution in [1.29, 1.82) is 0 Å². The first-order valence-electron chi connectivity index (χ1n) is 9.48. The Morgan fingerprint density at radius 2 is 2.04 bits per heavy atom. The van der Waals surface area contributed by atoms with E-state index >= 15 is 0 Å². The fraction of sp³-hybridized carbons (Fsp3) is 0.526. The Labute approximate surface area is 163 Å². The lowest BCUT2D eigenvalue weighted by Crippen LogP contribution is -2.51. The summed E-state index contributed by atoms with van der Waals surface area (Å²) in [5, 5.41) is 11.2. The van der Waals surface area contributed by atoms with Crippen LogP contribution in [-0.2, 0) is 22.7 Å². The average Bonchev–Trinajstić information content (AvgIpc) is 3.12. The van der Waals surface area contributed by atoms with Crippen molar-refractivity contribution in [2.45, 2.75) is 46.7 Å². The van der Waals surface area contributed by atoms with Crippen molar-refractivity contribution >= 4 is 17.6 Å². The molecule has 0 bridgehead atoms. The molecule has 0 aliphatic carbocycles. The van der Waals surface area contributed by atoms with Gasteiger partial charge in [0.2, 0.25) is 11.8 Å². The molecular formula is C19H26N6O3. The quantitative estimate of drug-likeness (QED) is 0.827. The predicted octanol–water partition coefficient (Wildman–Crippen LogP) is 1.04. The highest BCUT2D eigenvalue weighted by Gasteiger charge is 2.39. The summed E-state index contributed by atoms with van der Waals surface area (Å²) in [5.74, 6) is 0.137. The summed E-state index contributed by atoms with van der Waals surface area (Å²) in [5.41, 5.74) is -0.362. The largest absolute Gasteiger partial charge is 0.340 e. The van der Waals surface area contributed by atoms with Gasteiger partial charge in [0.25, 0.3) is 5.56 Å². The number of nitrogens with one attached hydrogen (secondary N) is 1. The molecule has 1 unspecified atom stereocenters. The smallest absolute Gasteiger partial charge is 0.267 e. The number of rotatable bonds is 5. The highest BCUT2D eigenvalue weighted by molar-refractivity contribution is 5.95. The van der Waals surface area contributed by atoms with Gasteiger partial charge < -0.3 is 10.2 Å². The van der Waals surface area contributed by atoms with Crippen LogP contribution >= 0.6 is 0 Å². The monoisotopic (exact) mass is 386 g/mol. The van der Waals surface area contributed by atoms with Crippen LogP contribution in [0.5, 0.6) is 0 Å². The molecule has 2 aromatic rings. The minimum Gasteiger partial charge on any atom is -0.340 e. The van der Waals surface area contributed by atoms with Gasteiger partial charge in [-0.1, -0.05) is 0 Å². The second-order valence-corrected chi connectivity index (χ2v) is 7.46. The van der Waals surface area contributed by atoms with Crippen LogP contribution in [0.1, 0.15) is 32.4 Å². The second kappa shape index (κ2) is 7.95. The van der Waals surface area contributed by atoms with Gasteiger partial charge >= 0.3 is 0 Å². The van der Waals surface area contributed by atoms with Crippen molar-refractivity contribution in [3.05, 3.63) is 40.4 Å². The third-order valence-electron chi connectivity index (χ3n) is 5.09. The first-order chi connectivity index (χ1) is 13.3. The van der Waals surface area contributed by atoms with E-state index in [4.69, 9.17) is 0 Å². The van der Waals surface area contributed by atoms with Crippen LogP contribution in [0.2, 0.25) is 0 Å². The molecule has 0 aromatic carbocycles. The van der Waals surface area contributed by atoms with Crippen molar-refractivity contribution in [1.82, 2.24) is 24.5 Å². The highest BCUT2D eigenvalue weighted by atomic mass is 16.2. The minimum atomic E-state index is -0.713. The van der Waals surface area contributed by atoms with Gasteiger partial charge in [0.05, 0.1) is 11.1 Å². The number of anilines is 1. The number of amides is 2. The molecule has 0 spiro atoms. The van der Waals surface area contributed by atoms with E-state index in [-0.39, 0.29) is 23.9 Å². The summed E-state index contributed by atoms with van der Waals surface area (Å²) in [6, 6.07) is 4.77. The van der Waals surface area contributed by atoms with Crippen LogP contribution in [-0.4, -0.2) is 49.4 Å². The molecule has 1 aliphatic rings. The molecular weight excluding hydrogens is 360 g/mol. The van der Waals surface area contributed by atoms with Crippen LogP contribution in [0.25, 0.3) is 0 Å². The van der Waals surface area contributed by atoms with Gasteiger partial charge in [0.1, 0.15) is 6.54 Å². The Hall–Kier alpha value is -2.97. The van der Waals surface area contributed by atoms with Gasteiger partial charge in [-0.25, -0.2) is 4.68 Å². The van der Waals surface area contributed by atoms with Gasteiger partial charge in [0, 0.05) is 38.0 Å². The summed E-state index contributed by atoms with van der Waals surface area (Å²) in [7, 11) is 0. The maximum Gasteiger partial charge on any atom is 0.267 e. The predicted molar refractivity (Wildman–Crippen MR) is 104 cm³/mol. The molecule has 0 radical (unpaired) electrons. The van der Waals surface area contributed by atoms with Crippen LogP contribution in [0, 0.1) is 12.3 Å². The molecule has 1 atom stereocenters. The summed E-state index contributed by atoms with van der Waals surface area (Å²) >= 11 is 0. The molecule has 3 heterocycles. The number of hydrogen-bond acceptors (Lipinski definition) is 5. The number of piperidine rings is 1. The van der Waals surface area contributed by atoms with Crippen LogP contribution < -0.4 is 10.9 Å². The van der Waals surface area contributed by atoms with Crippen LogP contribution in [0.4, 0.5) is 5.82 Å². The van der Waals surface area contributed by atoms with E-state index in [1.54, 1.807) is 34.8 Å². The average molecular weight is 386 g/mol. The summed E-state index contributed by atoms with van der Waals surface area (Å²) in [4.78, 5) is 39.1. The number of carbonyl (C=O) groups excluding carboxylic acids is 2. The molecule has 28 heavy (non-hydrogen) atoms. The number of aromatic nitrogens is 4. The molecule has 1 fully saturated rings. The molecule has 1 N–H and O–H groups in total. The molecule has 0 saturated carbocycles. The van der Waals surface area contributed by atoms with E-state index in [2.05, 4.69) is 15.5 Å². The van der Waals surface area contributed by atoms with Crippen molar-refractivity contribution in [3.63, 3.8) is 0 Å². The number of carbonyl (C=O) groups is 2. The zero-order valence-electron chi connectivity index (χ0n) is 16.5. The van der Waals surface area contributed by atoms with Crippen LogP contribution in [0.15, 0.2) is 29.2 Å². The van der Waals surface area contributed by atoms with E-state index in [9.17, 15) is 14.4 Å². The maximum atomic E-state index is 12.8. The lowest BCUT2D eigenvalue weighted by atomic mass is 9.81. The topological polar surface area (TPSA) is 102 Å². The first kappa shape index (κ1) is 19.8. The van der Waals surface area contributed by atoms with E-state index in [1.807, 2.05) is 13.8 Å². The van der Waals surface area contributed by atoms with Gasteiger partial charge in [-0.2, -0.15) is 10.2 Å². The molecule has 1 saturated heterocycles. The van der Waals surface area contributed by atoms with Gasteiger partial charge in [-0.15, -0.1) is 0 Å². The third-order valence-corrected chi connectivity index (χ3v) is 5.09. The Balaban J connectivity index is 1.67. The zero-order chi connectivity index (χ0) is 20.3. The molecule has 9 nitrogen and oxygen atoms in total. The highest BCUT2D eigenvalue weighted by Crippen LogP contribution is 2.31. The minimum absolute atomic E-state index is 0.126. The number of likely N-dealkylation sites (tertiary alicyclic amines) is 1. The molecule has 3 rings (SSSR count). The van der Waals surface area contributed by atoms with Crippen molar-refractivity contribution < 1.29 is 9.59 Å². The lowest BCUT2D eigenvalue weighted by Gasteiger charge is -2.39. The third kappa shape index (κ3) is 4.29. The Morgan fingerprint density at radius 1 is 1.25 bits per heavy atom. The van der Waals surface area contributed by atoms with E-state index < -0.39 is 5.41 Å². The molecule has 2 aromatic heterocycles. The van der Waals surface area contributed by atoms with Crippen molar-refractivity contribution in [2.24, 2.45) is 5.41 Å². The molecule has 2 amide bonds. The number of nitrogens with zero attached hydrogens (tertiary/aromatic N) is 5. The Morgan fingerprint density at radius 3 is 2.75 bits per heavy atom. The number of hydrogen-bond donors (Lipinski definition) is 1. The second-order valence-electron chi connectivity index (χ2n) is 7.46. The van der Waals surface area contributed by atoms with Crippen molar-refractivity contribution in [2.75, 3.05) is 18.4 Å². The Kier molecular flexibility index (Phi) is 5.62. The summed E-state index contributed by atoms with van der Waals surface area (Å²) in [6.45, 7) is 7.05. The maximum absolute atomic E-state index is 12.8. The Bertz CT molecular complexity index is 934. The van der Waals surface area contributed by atoms with Gasteiger partial charge in [-0.3, -0.25) is 19.1 Å². The first-order valence-corrected chi connectivity index (χ1v) is 9.48. The standard InChI is InChI=1S/C19H26N6O3/c1-4-24-11-8-15(22-24)20-18(28)19(3)9-5-10-23(13-19)17(27)12-25-16(26)7-6-14(2)21-25/h6-8,11H,4-5,9-10,12-13H2,1-3H3,(H,20,22,28). The van der Waals surface area contributed by atoms with Crippen molar-refractivity contribution in [3.8, 4) is 0 Å². The van der Waals surface area contributed by atoms with E-state index in [0.29, 0.717) is 31.0 Å². The molecule has 150 valence electrons. The van der Waals surface area contributed by atoms with E-state index in [0.717, 1.165) is 13.0 Å². The fourth-order valence-corrected chi connectivity index (χ4v) is 3.40.